The average Bonchev–Trinajstić information content (AvgIpc) is 2.68. The summed E-state index contributed by atoms with van der Waals surface area (Å²) in [4.78, 5) is 24.5. The van der Waals surface area contributed by atoms with Gasteiger partial charge in [-0.05, 0) is 36.6 Å². The smallest absolute Gasteiger partial charge is 0.279 e. The molecule has 0 spiro atoms. The summed E-state index contributed by atoms with van der Waals surface area (Å²) < 4.78 is 5.48. The van der Waals surface area contributed by atoms with Gasteiger partial charge in [0.2, 0.25) is 0 Å². The van der Waals surface area contributed by atoms with E-state index in [1.807, 2.05) is 12.1 Å². The quantitative estimate of drug-likeness (QED) is 0.557. The number of benzene rings is 3. The highest BCUT2D eigenvalue weighted by Gasteiger charge is 2.19. The first-order chi connectivity index (χ1) is 13.4. The van der Waals surface area contributed by atoms with Crippen molar-refractivity contribution in [2.24, 2.45) is 0 Å². The predicted molar refractivity (Wildman–Crippen MR) is 108 cm³/mol. The normalized spacial score (nSPS) is 11.7. The molecule has 0 fully saturated rings. The van der Waals surface area contributed by atoms with Crippen LogP contribution in [0.2, 0.25) is 10.0 Å². The van der Waals surface area contributed by atoms with E-state index < -0.39 is 17.9 Å². The van der Waals surface area contributed by atoms with E-state index in [0.29, 0.717) is 10.4 Å². The number of amides is 2. The van der Waals surface area contributed by atoms with Crippen molar-refractivity contribution in [1.82, 2.24) is 10.9 Å². The predicted octanol–water partition coefficient (Wildman–Crippen LogP) is 4.08. The molecule has 144 valence electrons. The number of hydrogen-bond donors (Lipinski definition) is 3. The second-order valence-corrected chi connectivity index (χ2v) is 6.80. The van der Waals surface area contributed by atoms with Crippen LogP contribution in [-0.4, -0.2) is 23.0 Å². The number of rotatable bonds is 4. The summed E-state index contributed by atoms with van der Waals surface area (Å²) in [5.74, 6) is -1.14. The Bertz CT molecular complexity index is 1060. The second kappa shape index (κ2) is 8.37. The van der Waals surface area contributed by atoms with Crippen LogP contribution in [0.4, 0.5) is 0 Å². The molecule has 3 N–H and O–H groups in total. The van der Waals surface area contributed by atoms with Crippen LogP contribution in [0, 0.1) is 0 Å². The van der Waals surface area contributed by atoms with E-state index in [0.717, 1.165) is 5.39 Å². The van der Waals surface area contributed by atoms with Crippen LogP contribution in [0.1, 0.15) is 17.3 Å². The lowest BCUT2D eigenvalue weighted by atomic mass is 10.1. The molecule has 6 nitrogen and oxygen atoms in total. The van der Waals surface area contributed by atoms with Gasteiger partial charge >= 0.3 is 0 Å². The summed E-state index contributed by atoms with van der Waals surface area (Å²) in [6.45, 7) is 1.50. The maximum atomic E-state index is 12.3. The zero-order valence-corrected chi connectivity index (χ0v) is 16.2. The summed E-state index contributed by atoms with van der Waals surface area (Å²) in [5, 5.41) is 12.4. The van der Waals surface area contributed by atoms with Gasteiger partial charge in [-0.2, -0.15) is 0 Å². The van der Waals surface area contributed by atoms with E-state index in [9.17, 15) is 14.7 Å². The molecule has 28 heavy (non-hydrogen) atoms. The van der Waals surface area contributed by atoms with E-state index >= 15 is 0 Å². The van der Waals surface area contributed by atoms with Gasteiger partial charge in [-0.3, -0.25) is 20.4 Å². The number of nitrogens with one attached hydrogen (secondary N) is 2. The van der Waals surface area contributed by atoms with Crippen molar-refractivity contribution in [1.29, 1.82) is 0 Å². The minimum absolute atomic E-state index is 0.0355. The Morgan fingerprint density at radius 3 is 2.54 bits per heavy atom. The van der Waals surface area contributed by atoms with Crippen molar-refractivity contribution < 1.29 is 19.4 Å². The summed E-state index contributed by atoms with van der Waals surface area (Å²) >= 11 is 11.8. The molecule has 3 aromatic rings. The van der Waals surface area contributed by atoms with Crippen LogP contribution in [0.5, 0.6) is 11.5 Å². The van der Waals surface area contributed by atoms with Crippen LogP contribution in [0.3, 0.4) is 0 Å². The number of aromatic hydroxyl groups is 1. The number of hydrogen-bond acceptors (Lipinski definition) is 4. The maximum Gasteiger partial charge on any atom is 0.279 e. The summed E-state index contributed by atoms with van der Waals surface area (Å²) in [6, 6.07) is 14.9. The zero-order valence-electron chi connectivity index (χ0n) is 14.7. The van der Waals surface area contributed by atoms with Gasteiger partial charge in [-0.25, -0.2) is 0 Å². The minimum Gasteiger partial charge on any atom is -0.506 e. The fraction of sp³-hybridized carbons (Fsp3) is 0.100. The third kappa shape index (κ3) is 4.30. The van der Waals surface area contributed by atoms with Crippen molar-refractivity contribution in [2.45, 2.75) is 13.0 Å². The van der Waals surface area contributed by atoms with E-state index in [1.165, 1.54) is 19.1 Å². The van der Waals surface area contributed by atoms with Crippen molar-refractivity contribution in [3.63, 3.8) is 0 Å². The van der Waals surface area contributed by atoms with Crippen molar-refractivity contribution in [3.8, 4) is 11.5 Å². The van der Waals surface area contributed by atoms with E-state index in [-0.39, 0.29) is 22.1 Å². The standard InChI is InChI=1S/C20H16Cl2N2O4/c1-11(28-17-9-7-13(21)10-16(17)22)19(26)23-24-20(27)15-8-6-12-4-2-3-5-14(12)18(15)25/h2-11,25H,1H3,(H,23,26)(H,24,27). The maximum absolute atomic E-state index is 12.3. The first-order valence-electron chi connectivity index (χ1n) is 8.29. The highest BCUT2D eigenvalue weighted by molar-refractivity contribution is 6.35. The molecule has 0 aromatic heterocycles. The molecule has 0 bridgehead atoms. The van der Waals surface area contributed by atoms with E-state index in [2.05, 4.69) is 10.9 Å². The Morgan fingerprint density at radius 1 is 1.04 bits per heavy atom. The van der Waals surface area contributed by atoms with Crippen LogP contribution < -0.4 is 15.6 Å². The number of carbonyl (C=O) groups is 2. The van der Waals surface area contributed by atoms with Crippen molar-refractivity contribution in [3.05, 3.63) is 70.2 Å². The Labute approximate surface area is 171 Å². The molecule has 8 heteroatoms. The SMILES string of the molecule is CC(Oc1ccc(Cl)cc1Cl)C(=O)NNC(=O)c1ccc2ccccc2c1O. The minimum atomic E-state index is -0.941. The number of phenols is 1. The Kier molecular flexibility index (Phi) is 5.92. The number of ether oxygens (including phenoxy) is 1. The topological polar surface area (TPSA) is 87.7 Å². The summed E-state index contributed by atoms with van der Waals surface area (Å²) in [6.07, 6.45) is -0.941. The summed E-state index contributed by atoms with van der Waals surface area (Å²) in [5.41, 5.74) is 4.56. The fourth-order valence-corrected chi connectivity index (χ4v) is 2.99. The van der Waals surface area contributed by atoms with E-state index in [4.69, 9.17) is 27.9 Å². The molecular weight excluding hydrogens is 403 g/mol. The number of phenolic OH excluding ortho intramolecular Hbond substituents is 1. The monoisotopic (exact) mass is 418 g/mol. The average molecular weight is 419 g/mol. The largest absolute Gasteiger partial charge is 0.506 e. The van der Waals surface area contributed by atoms with Crippen LogP contribution >= 0.6 is 23.2 Å². The van der Waals surface area contributed by atoms with Crippen LogP contribution in [0.25, 0.3) is 10.8 Å². The van der Waals surface area contributed by atoms with Gasteiger partial charge in [-0.15, -0.1) is 0 Å². The highest BCUT2D eigenvalue weighted by Crippen LogP contribution is 2.29. The van der Waals surface area contributed by atoms with Gasteiger partial charge in [0.05, 0.1) is 10.6 Å². The third-order valence-corrected chi connectivity index (χ3v) is 4.54. The number of fused-ring (bicyclic) bond motifs is 1. The number of hydrazine groups is 1. The lowest BCUT2D eigenvalue weighted by molar-refractivity contribution is -0.128. The second-order valence-electron chi connectivity index (χ2n) is 5.96. The van der Waals surface area contributed by atoms with E-state index in [1.54, 1.807) is 30.3 Å². The summed E-state index contributed by atoms with van der Waals surface area (Å²) in [7, 11) is 0. The van der Waals surface area contributed by atoms with Gasteiger partial charge < -0.3 is 9.84 Å². The molecule has 0 saturated heterocycles. The molecule has 0 heterocycles. The molecule has 2 amide bonds. The van der Waals surface area contributed by atoms with Gasteiger partial charge in [0.15, 0.2) is 6.10 Å². The lowest BCUT2D eigenvalue weighted by Gasteiger charge is -2.16. The van der Waals surface area contributed by atoms with Crippen molar-refractivity contribution >= 4 is 45.8 Å². The van der Waals surface area contributed by atoms with Gasteiger partial charge in [0, 0.05) is 10.4 Å². The van der Waals surface area contributed by atoms with Gasteiger partial charge in [0.1, 0.15) is 11.5 Å². The van der Waals surface area contributed by atoms with Crippen molar-refractivity contribution in [2.75, 3.05) is 0 Å². The lowest BCUT2D eigenvalue weighted by Crippen LogP contribution is -2.47. The number of halogens is 2. The first kappa shape index (κ1) is 19.8. The highest BCUT2D eigenvalue weighted by atomic mass is 35.5. The number of carbonyl (C=O) groups excluding carboxylic acids is 2. The van der Waals surface area contributed by atoms with Crippen LogP contribution in [0.15, 0.2) is 54.6 Å². The molecule has 0 saturated carbocycles. The Balaban J connectivity index is 1.64. The Morgan fingerprint density at radius 2 is 1.79 bits per heavy atom. The van der Waals surface area contributed by atoms with Gasteiger partial charge in [0.25, 0.3) is 11.8 Å². The fourth-order valence-electron chi connectivity index (χ4n) is 2.54. The van der Waals surface area contributed by atoms with Gasteiger partial charge in [-0.1, -0.05) is 53.5 Å². The molecule has 0 aliphatic carbocycles. The molecule has 0 aliphatic rings. The molecule has 0 radical (unpaired) electrons. The van der Waals surface area contributed by atoms with Crippen LogP contribution in [-0.2, 0) is 4.79 Å². The molecule has 3 aromatic carbocycles. The third-order valence-electron chi connectivity index (χ3n) is 4.01. The molecule has 0 aliphatic heterocycles. The molecule has 1 unspecified atom stereocenters. The molecule has 1 atom stereocenters. The molecule has 3 rings (SSSR count). The first-order valence-corrected chi connectivity index (χ1v) is 9.05. The zero-order chi connectivity index (χ0) is 20.3. The Hall–Kier alpha value is -2.96. The molecular formula is C20H16Cl2N2O4.